The molecule has 1 atom stereocenters. The summed E-state index contributed by atoms with van der Waals surface area (Å²) in [6, 6.07) is 5.71. The lowest BCUT2D eigenvalue weighted by atomic mass is 10.2. The number of carbonyl (C=O) groups excluding carboxylic acids is 1. The average Bonchev–Trinajstić information content (AvgIpc) is 3.08. The van der Waals surface area contributed by atoms with Gasteiger partial charge in [-0.1, -0.05) is 0 Å². The third kappa shape index (κ3) is 3.95. The van der Waals surface area contributed by atoms with Gasteiger partial charge in [-0.25, -0.2) is 8.42 Å². The molecule has 0 aliphatic carbocycles. The summed E-state index contributed by atoms with van der Waals surface area (Å²) >= 11 is 0. The first-order valence-electron chi connectivity index (χ1n) is 8.37. The fourth-order valence-electron chi connectivity index (χ4n) is 2.66. The molecule has 1 aliphatic rings. The van der Waals surface area contributed by atoms with Gasteiger partial charge in [-0.2, -0.15) is 9.40 Å². The van der Waals surface area contributed by atoms with Gasteiger partial charge >= 0.3 is 0 Å². The molecule has 0 radical (unpaired) electrons. The number of hydrogen-bond donors (Lipinski definition) is 1. The van der Waals surface area contributed by atoms with Gasteiger partial charge in [-0.3, -0.25) is 9.48 Å². The number of nitrogens with zero attached hydrogens (tertiary/aromatic N) is 3. The molecule has 1 amide bonds. The second-order valence-corrected chi connectivity index (χ2v) is 8.14. The Kier molecular flexibility index (Phi) is 5.40. The minimum atomic E-state index is -3.54. The first kappa shape index (κ1) is 18.6. The molecule has 1 N–H and O–H groups in total. The maximum Gasteiger partial charge on any atom is 0.248 e. The van der Waals surface area contributed by atoms with Gasteiger partial charge in [0, 0.05) is 25.0 Å². The van der Waals surface area contributed by atoms with E-state index in [1.165, 1.54) is 16.4 Å². The Morgan fingerprint density at radius 1 is 1.23 bits per heavy atom. The number of carbonyl (C=O) groups is 1. The summed E-state index contributed by atoms with van der Waals surface area (Å²) in [6.07, 6.45) is 3.48. The molecule has 1 aliphatic heterocycles. The fourth-order valence-corrected chi connectivity index (χ4v) is 4.07. The van der Waals surface area contributed by atoms with Crippen LogP contribution in [0.5, 0.6) is 0 Å². The predicted octanol–water partition coefficient (Wildman–Crippen LogP) is 1.41. The number of rotatable bonds is 5. The van der Waals surface area contributed by atoms with E-state index in [0.717, 1.165) is 5.56 Å². The summed E-state index contributed by atoms with van der Waals surface area (Å²) in [7, 11) is -3.54. The SMILES string of the molecule is Cc1cnn(C(C)C(=O)Nc2ccc(S(=O)(=O)N3CCOCC3)cc2)c1. The molecule has 0 saturated carbocycles. The highest BCUT2D eigenvalue weighted by atomic mass is 32.2. The van der Waals surface area contributed by atoms with Gasteiger partial charge in [-0.05, 0) is 43.7 Å². The second-order valence-electron chi connectivity index (χ2n) is 6.20. The van der Waals surface area contributed by atoms with Crippen molar-refractivity contribution in [3.63, 3.8) is 0 Å². The molecule has 1 fully saturated rings. The maximum atomic E-state index is 12.6. The zero-order chi connectivity index (χ0) is 18.7. The van der Waals surface area contributed by atoms with Crippen molar-refractivity contribution in [3.05, 3.63) is 42.2 Å². The van der Waals surface area contributed by atoms with Crippen LogP contribution in [0, 0.1) is 6.92 Å². The Balaban J connectivity index is 1.68. The number of anilines is 1. The Morgan fingerprint density at radius 2 is 1.88 bits per heavy atom. The molecule has 0 spiro atoms. The Hall–Kier alpha value is -2.23. The van der Waals surface area contributed by atoms with Crippen LogP contribution in [0.2, 0.25) is 0 Å². The Morgan fingerprint density at radius 3 is 2.46 bits per heavy atom. The minimum Gasteiger partial charge on any atom is -0.379 e. The number of ether oxygens (including phenoxy) is 1. The van der Waals surface area contributed by atoms with E-state index >= 15 is 0 Å². The van der Waals surface area contributed by atoms with E-state index in [1.807, 2.05) is 6.92 Å². The standard InChI is InChI=1S/C17H22N4O4S/c1-13-11-18-21(12-13)14(2)17(22)19-15-3-5-16(6-4-15)26(23,24)20-7-9-25-10-8-20/h3-6,11-12,14H,7-10H2,1-2H3,(H,19,22). The largest absolute Gasteiger partial charge is 0.379 e. The van der Waals surface area contributed by atoms with Crippen LogP contribution < -0.4 is 5.32 Å². The fraction of sp³-hybridized carbons (Fsp3) is 0.412. The van der Waals surface area contributed by atoms with Crippen molar-refractivity contribution in [1.29, 1.82) is 0 Å². The van der Waals surface area contributed by atoms with E-state index in [-0.39, 0.29) is 10.8 Å². The quantitative estimate of drug-likeness (QED) is 0.849. The normalized spacial score (nSPS) is 17.0. The van der Waals surface area contributed by atoms with Gasteiger partial charge in [0.25, 0.3) is 0 Å². The first-order chi connectivity index (χ1) is 12.4. The van der Waals surface area contributed by atoms with Crippen LogP contribution in [-0.2, 0) is 19.6 Å². The van der Waals surface area contributed by atoms with E-state index in [9.17, 15) is 13.2 Å². The average molecular weight is 378 g/mol. The summed E-state index contributed by atoms with van der Waals surface area (Å²) in [4.78, 5) is 12.5. The number of aryl methyl sites for hydroxylation is 1. The molecule has 9 heteroatoms. The van der Waals surface area contributed by atoms with E-state index < -0.39 is 16.1 Å². The lowest BCUT2D eigenvalue weighted by Gasteiger charge is -2.26. The molecule has 1 unspecified atom stereocenters. The number of amides is 1. The topological polar surface area (TPSA) is 93.5 Å². The molecular weight excluding hydrogens is 356 g/mol. The lowest BCUT2D eigenvalue weighted by molar-refractivity contribution is -0.119. The van der Waals surface area contributed by atoms with Crippen LogP contribution >= 0.6 is 0 Å². The van der Waals surface area contributed by atoms with Gasteiger partial charge in [-0.15, -0.1) is 0 Å². The number of aromatic nitrogens is 2. The van der Waals surface area contributed by atoms with Gasteiger partial charge < -0.3 is 10.1 Å². The number of morpholine rings is 1. The highest BCUT2D eigenvalue weighted by Crippen LogP contribution is 2.20. The molecule has 3 rings (SSSR count). The number of sulfonamides is 1. The predicted molar refractivity (Wildman–Crippen MR) is 96.3 cm³/mol. The van der Waals surface area contributed by atoms with Crippen molar-refractivity contribution in [2.45, 2.75) is 24.8 Å². The number of nitrogens with one attached hydrogen (secondary N) is 1. The van der Waals surface area contributed by atoms with Crippen LogP contribution in [0.1, 0.15) is 18.5 Å². The summed E-state index contributed by atoms with van der Waals surface area (Å²) in [5.41, 5.74) is 1.51. The van der Waals surface area contributed by atoms with Crippen molar-refractivity contribution >= 4 is 21.6 Å². The van der Waals surface area contributed by atoms with Gasteiger partial charge in [0.1, 0.15) is 6.04 Å². The molecule has 2 heterocycles. The number of benzene rings is 1. The van der Waals surface area contributed by atoms with Crippen molar-refractivity contribution in [2.75, 3.05) is 31.6 Å². The molecule has 8 nitrogen and oxygen atoms in total. The van der Waals surface area contributed by atoms with Crippen molar-refractivity contribution in [2.24, 2.45) is 0 Å². The molecule has 26 heavy (non-hydrogen) atoms. The smallest absolute Gasteiger partial charge is 0.248 e. The summed E-state index contributed by atoms with van der Waals surface area (Å²) in [5, 5.41) is 6.92. The lowest BCUT2D eigenvalue weighted by Crippen LogP contribution is -2.40. The van der Waals surface area contributed by atoms with E-state index in [0.29, 0.717) is 32.0 Å². The van der Waals surface area contributed by atoms with Crippen molar-refractivity contribution < 1.29 is 17.9 Å². The van der Waals surface area contributed by atoms with Crippen LogP contribution in [0.3, 0.4) is 0 Å². The maximum absolute atomic E-state index is 12.6. The molecule has 140 valence electrons. The summed E-state index contributed by atoms with van der Waals surface area (Å²) in [5.74, 6) is -0.225. The molecule has 0 bridgehead atoms. The first-order valence-corrected chi connectivity index (χ1v) is 9.81. The third-order valence-corrected chi connectivity index (χ3v) is 6.15. The van der Waals surface area contributed by atoms with E-state index in [1.54, 1.807) is 36.1 Å². The zero-order valence-electron chi connectivity index (χ0n) is 14.8. The van der Waals surface area contributed by atoms with Crippen LogP contribution in [-0.4, -0.2) is 54.7 Å². The molecule has 1 aromatic heterocycles. The van der Waals surface area contributed by atoms with Crippen LogP contribution in [0.25, 0.3) is 0 Å². The zero-order valence-corrected chi connectivity index (χ0v) is 15.6. The number of hydrogen-bond acceptors (Lipinski definition) is 5. The molecule has 2 aromatic rings. The van der Waals surface area contributed by atoms with E-state index in [2.05, 4.69) is 10.4 Å². The van der Waals surface area contributed by atoms with Gasteiger partial charge in [0.15, 0.2) is 0 Å². The van der Waals surface area contributed by atoms with Crippen LogP contribution in [0.4, 0.5) is 5.69 Å². The second kappa shape index (κ2) is 7.56. The molecule has 1 aromatic carbocycles. The Bertz CT molecular complexity index is 870. The van der Waals surface area contributed by atoms with Crippen LogP contribution in [0.15, 0.2) is 41.6 Å². The van der Waals surface area contributed by atoms with Gasteiger partial charge in [0.05, 0.1) is 24.3 Å². The van der Waals surface area contributed by atoms with Crippen molar-refractivity contribution in [1.82, 2.24) is 14.1 Å². The molecule has 1 saturated heterocycles. The monoisotopic (exact) mass is 378 g/mol. The minimum absolute atomic E-state index is 0.202. The molecular formula is C17H22N4O4S. The van der Waals surface area contributed by atoms with Crippen molar-refractivity contribution in [3.8, 4) is 0 Å². The van der Waals surface area contributed by atoms with Gasteiger partial charge in [0.2, 0.25) is 15.9 Å². The highest BCUT2D eigenvalue weighted by Gasteiger charge is 2.26. The highest BCUT2D eigenvalue weighted by molar-refractivity contribution is 7.89. The summed E-state index contributed by atoms with van der Waals surface area (Å²) in [6.45, 7) is 5.15. The Labute approximate surface area is 152 Å². The summed E-state index contributed by atoms with van der Waals surface area (Å²) < 4.78 is 33.4. The van der Waals surface area contributed by atoms with E-state index in [4.69, 9.17) is 4.74 Å². The third-order valence-electron chi connectivity index (χ3n) is 4.24.